The summed E-state index contributed by atoms with van der Waals surface area (Å²) >= 11 is 0. The highest BCUT2D eigenvalue weighted by atomic mass is 16.5. The van der Waals surface area contributed by atoms with Crippen molar-refractivity contribution in [2.24, 2.45) is 5.92 Å². The second kappa shape index (κ2) is 8.23. The van der Waals surface area contributed by atoms with Gasteiger partial charge in [0, 0.05) is 12.1 Å². The van der Waals surface area contributed by atoms with Gasteiger partial charge in [-0.3, -0.25) is 4.79 Å². The zero-order valence-electron chi connectivity index (χ0n) is 17.1. The molecule has 0 bridgehead atoms. The summed E-state index contributed by atoms with van der Waals surface area (Å²) in [4.78, 5) is 15.4. The molecule has 2 aromatic carbocycles. The van der Waals surface area contributed by atoms with E-state index in [9.17, 15) is 4.79 Å². The first kappa shape index (κ1) is 19.4. The summed E-state index contributed by atoms with van der Waals surface area (Å²) in [5.74, 6) is 3.09. The van der Waals surface area contributed by atoms with E-state index >= 15 is 0 Å². The minimum atomic E-state index is -0.202. The number of hydrogen-bond donors (Lipinski definition) is 0. The largest absolute Gasteiger partial charge is 0.497 e. The molecule has 1 saturated heterocycles. The van der Waals surface area contributed by atoms with Gasteiger partial charge in [0.05, 0.1) is 33.3 Å². The van der Waals surface area contributed by atoms with Gasteiger partial charge in [0.1, 0.15) is 29.6 Å². The summed E-state index contributed by atoms with van der Waals surface area (Å²) in [5.41, 5.74) is 2.01. The Hall–Kier alpha value is -2.89. The maximum atomic E-state index is 13.4. The lowest BCUT2D eigenvalue weighted by molar-refractivity contribution is -0.137. The molecule has 6 heteroatoms. The van der Waals surface area contributed by atoms with Crippen LogP contribution in [0.1, 0.15) is 30.0 Å². The second-order valence-electron chi connectivity index (χ2n) is 7.48. The number of ether oxygens (including phenoxy) is 4. The fraction of sp³-hybridized carbons (Fsp3) is 0.435. The van der Waals surface area contributed by atoms with Crippen LogP contribution in [-0.2, 0) is 11.2 Å². The van der Waals surface area contributed by atoms with Crippen LogP contribution in [0.4, 0.5) is 0 Å². The number of carbonyl (C=O) groups is 1. The molecule has 2 atom stereocenters. The number of nitrogens with zero attached hydrogens (tertiary/aromatic N) is 1. The van der Waals surface area contributed by atoms with Crippen molar-refractivity contribution in [1.82, 2.24) is 4.90 Å². The maximum absolute atomic E-state index is 13.4. The summed E-state index contributed by atoms with van der Waals surface area (Å²) < 4.78 is 22.2. The Kier molecular flexibility index (Phi) is 5.51. The summed E-state index contributed by atoms with van der Waals surface area (Å²) in [5, 5.41) is 0. The molecule has 0 aliphatic carbocycles. The van der Waals surface area contributed by atoms with Gasteiger partial charge in [0.25, 0.3) is 0 Å². The number of fused-ring (bicyclic) bond motifs is 1. The zero-order chi connectivity index (χ0) is 20.4. The van der Waals surface area contributed by atoms with Gasteiger partial charge in [-0.1, -0.05) is 0 Å². The van der Waals surface area contributed by atoms with Crippen LogP contribution in [0, 0.1) is 5.92 Å². The average Bonchev–Trinajstić information content (AvgIpc) is 3.27. The van der Waals surface area contributed by atoms with Crippen molar-refractivity contribution in [2.45, 2.75) is 25.3 Å². The number of benzene rings is 2. The Labute approximate surface area is 171 Å². The highest BCUT2D eigenvalue weighted by molar-refractivity contribution is 5.81. The molecule has 6 nitrogen and oxygen atoms in total. The molecule has 0 spiro atoms. The molecule has 0 saturated carbocycles. The molecule has 2 aliphatic rings. The van der Waals surface area contributed by atoms with Crippen LogP contribution in [0.15, 0.2) is 36.4 Å². The van der Waals surface area contributed by atoms with E-state index in [0.717, 1.165) is 53.5 Å². The molecule has 0 aromatic heterocycles. The molecule has 0 N–H and O–H groups in total. The van der Waals surface area contributed by atoms with E-state index in [1.54, 1.807) is 21.3 Å². The van der Waals surface area contributed by atoms with Crippen LogP contribution in [0.25, 0.3) is 0 Å². The van der Waals surface area contributed by atoms with Crippen molar-refractivity contribution < 1.29 is 23.7 Å². The minimum Gasteiger partial charge on any atom is -0.497 e. The molecule has 4 rings (SSSR count). The number of carbonyl (C=O) groups excluding carboxylic acids is 1. The van der Waals surface area contributed by atoms with Gasteiger partial charge in [0.15, 0.2) is 0 Å². The van der Waals surface area contributed by atoms with Crippen LogP contribution in [0.5, 0.6) is 23.0 Å². The lowest BCUT2D eigenvalue weighted by Gasteiger charge is -2.32. The minimum absolute atomic E-state index is 0.0146. The summed E-state index contributed by atoms with van der Waals surface area (Å²) in [6, 6.07) is 11.5. The van der Waals surface area contributed by atoms with E-state index in [-0.39, 0.29) is 17.9 Å². The number of likely N-dealkylation sites (tertiary alicyclic amines) is 1. The molecule has 29 heavy (non-hydrogen) atoms. The van der Waals surface area contributed by atoms with Gasteiger partial charge in [0.2, 0.25) is 5.91 Å². The van der Waals surface area contributed by atoms with E-state index in [1.807, 2.05) is 41.3 Å². The zero-order valence-corrected chi connectivity index (χ0v) is 17.1. The first-order valence-electron chi connectivity index (χ1n) is 9.96. The van der Waals surface area contributed by atoms with Crippen molar-refractivity contribution in [3.63, 3.8) is 0 Å². The maximum Gasteiger partial charge on any atom is 0.229 e. The molecule has 2 aliphatic heterocycles. The molecule has 1 amide bonds. The van der Waals surface area contributed by atoms with E-state index in [2.05, 4.69) is 0 Å². The van der Waals surface area contributed by atoms with Crippen LogP contribution >= 0.6 is 0 Å². The number of hydrogen-bond acceptors (Lipinski definition) is 5. The van der Waals surface area contributed by atoms with Crippen LogP contribution in [0.2, 0.25) is 0 Å². The molecule has 0 radical (unpaired) electrons. The van der Waals surface area contributed by atoms with Gasteiger partial charge in [-0.15, -0.1) is 0 Å². The second-order valence-corrected chi connectivity index (χ2v) is 7.48. The Bertz CT molecular complexity index is 897. The smallest absolute Gasteiger partial charge is 0.229 e. The third-order valence-corrected chi connectivity index (χ3v) is 5.85. The van der Waals surface area contributed by atoms with E-state index < -0.39 is 0 Å². The molecular weight excluding hydrogens is 370 g/mol. The van der Waals surface area contributed by atoms with E-state index in [1.165, 1.54) is 0 Å². The lowest BCUT2D eigenvalue weighted by Crippen LogP contribution is -2.40. The third kappa shape index (κ3) is 3.71. The average molecular weight is 397 g/mol. The van der Waals surface area contributed by atoms with Crippen molar-refractivity contribution in [2.75, 3.05) is 34.5 Å². The summed E-state index contributed by atoms with van der Waals surface area (Å²) in [7, 11) is 4.95. The van der Waals surface area contributed by atoms with Crippen molar-refractivity contribution in [3.8, 4) is 23.0 Å². The normalized spacial score (nSPS) is 20.6. The van der Waals surface area contributed by atoms with Gasteiger partial charge in [-0.2, -0.15) is 0 Å². The molecule has 2 unspecified atom stereocenters. The predicted octanol–water partition coefficient (Wildman–Crippen LogP) is 3.63. The number of methoxy groups -OCH3 is 3. The van der Waals surface area contributed by atoms with Crippen molar-refractivity contribution in [1.29, 1.82) is 0 Å². The molecule has 2 aromatic rings. The standard InChI is InChI=1S/C23H27NO5/c1-26-17-6-8-21-15(12-17)11-16(14-29-21)23(25)24-10-4-5-20(24)19-13-18(27-2)7-9-22(19)28-3/h6-9,12-13,16,20H,4-5,10-11,14H2,1-3H3. The van der Waals surface area contributed by atoms with E-state index in [0.29, 0.717) is 13.0 Å². The van der Waals surface area contributed by atoms with Gasteiger partial charge < -0.3 is 23.8 Å². The van der Waals surface area contributed by atoms with Crippen molar-refractivity contribution in [3.05, 3.63) is 47.5 Å². The number of amides is 1. The lowest BCUT2D eigenvalue weighted by atomic mass is 9.94. The highest BCUT2D eigenvalue weighted by Gasteiger charge is 2.37. The Morgan fingerprint density at radius 1 is 1.03 bits per heavy atom. The summed E-state index contributed by atoms with van der Waals surface area (Å²) in [6.45, 7) is 1.14. The molecule has 1 fully saturated rings. The fourth-order valence-electron chi connectivity index (χ4n) is 4.34. The Morgan fingerprint density at radius 2 is 1.79 bits per heavy atom. The fourth-order valence-corrected chi connectivity index (χ4v) is 4.34. The topological polar surface area (TPSA) is 57.2 Å². The molecule has 2 heterocycles. The SMILES string of the molecule is COc1ccc2c(c1)CC(C(=O)N1CCCC1c1cc(OC)ccc1OC)CO2. The van der Waals surface area contributed by atoms with Crippen LogP contribution in [-0.4, -0.2) is 45.3 Å². The Morgan fingerprint density at radius 3 is 2.55 bits per heavy atom. The van der Waals surface area contributed by atoms with Gasteiger partial charge >= 0.3 is 0 Å². The third-order valence-electron chi connectivity index (χ3n) is 5.85. The quantitative estimate of drug-likeness (QED) is 0.771. The molecule has 154 valence electrons. The summed E-state index contributed by atoms with van der Waals surface area (Å²) in [6.07, 6.45) is 2.53. The predicted molar refractivity (Wildman–Crippen MR) is 109 cm³/mol. The van der Waals surface area contributed by atoms with Gasteiger partial charge in [-0.05, 0) is 61.2 Å². The van der Waals surface area contributed by atoms with Crippen molar-refractivity contribution >= 4 is 5.91 Å². The monoisotopic (exact) mass is 397 g/mol. The number of rotatable bonds is 5. The molecular formula is C23H27NO5. The first-order valence-corrected chi connectivity index (χ1v) is 9.96. The highest BCUT2D eigenvalue weighted by Crippen LogP contribution is 2.40. The van der Waals surface area contributed by atoms with Crippen LogP contribution < -0.4 is 18.9 Å². The first-order chi connectivity index (χ1) is 14.1. The van der Waals surface area contributed by atoms with E-state index in [4.69, 9.17) is 18.9 Å². The van der Waals surface area contributed by atoms with Gasteiger partial charge in [-0.25, -0.2) is 0 Å². The van der Waals surface area contributed by atoms with Crippen LogP contribution in [0.3, 0.4) is 0 Å². The Balaban J connectivity index is 1.57.